The Morgan fingerprint density at radius 3 is 2.78 bits per heavy atom. The van der Waals surface area contributed by atoms with Crippen molar-refractivity contribution in [2.45, 2.75) is 32.0 Å². The summed E-state index contributed by atoms with van der Waals surface area (Å²) < 4.78 is 7.67. The lowest BCUT2D eigenvalue weighted by Crippen LogP contribution is -2.46. The Labute approximate surface area is 161 Å². The number of aromatic nitrogens is 1. The molecule has 1 saturated heterocycles. The van der Waals surface area contributed by atoms with Crippen LogP contribution in [-0.4, -0.2) is 27.7 Å². The summed E-state index contributed by atoms with van der Waals surface area (Å²) in [5.74, 6) is 2.37. The molecule has 0 radical (unpaired) electrons. The highest BCUT2D eigenvalue weighted by Crippen LogP contribution is 2.36. The van der Waals surface area contributed by atoms with E-state index in [0.717, 1.165) is 54.5 Å². The van der Waals surface area contributed by atoms with Gasteiger partial charge in [0, 0.05) is 36.1 Å². The van der Waals surface area contributed by atoms with Crippen LogP contribution in [0.4, 0.5) is 0 Å². The number of aliphatic hydroxyl groups is 1. The first-order valence-electron chi connectivity index (χ1n) is 9.39. The summed E-state index contributed by atoms with van der Waals surface area (Å²) in [7, 11) is 0. The molecule has 140 valence electrons. The van der Waals surface area contributed by atoms with E-state index in [4.69, 9.17) is 4.42 Å². The van der Waals surface area contributed by atoms with Crippen molar-refractivity contribution in [3.8, 4) is 10.4 Å². The molecule has 0 amide bonds. The lowest BCUT2D eigenvalue weighted by Gasteiger charge is -2.42. The van der Waals surface area contributed by atoms with E-state index in [0.29, 0.717) is 17.6 Å². The normalized spacial score (nSPS) is 22.0. The zero-order valence-corrected chi connectivity index (χ0v) is 15.8. The van der Waals surface area contributed by atoms with E-state index in [1.165, 1.54) is 0 Å². The van der Waals surface area contributed by atoms with Crippen LogP contribution in [0.15, 0.2) is 51.0 Å². The molecule has 1 fully saturated rings. The van der Waals surface area contributed by atoms with Crippen LogP contribution >= 0.6 is 11.3 Å². The van der Waals surface area contributed by atoms with Gasteiger partial charge < -0.3 is 14.1 Å². The fourth-order valence-electron chi connectivity index (χ4n) is 4.61. The van der Waals surface area contributed by atoms with E-state index in [1.54, 1.807) is 11.3 Å². The summed E-state index contributed by atoms with van der Waals surface area (Å²) in [6.45, 7) is 3.39. The van der Waals surface area contributed by atoms with Gasteiger partial charge in [0.1, 0.15) is 18.1 Å². The van der Waals surface area contributed by atoms with Crippen molar-refractivity contribution < 1.29 is 9.52 Å². The zero-order chi connectivity index (χ0) is 18.4. The van der Waals surface area contributed by atoms with Gasteiger partial charge in [-0.2, -0.15) is 0 Å². The van der Waals surface area contributed by atoms with Crippen molar-refractivity contribution in [3.63, 3.8) is 0 Å². The standard InChI is InChI=1S/C21H22N2O3S/c24-13-17-4-3-16(26-17)12-22-9-14-8-15(11-22)19-6-5-18(20-2-1-7-27-20)21(25)23(19)10-14/h1-7,14-15,24H,8-13H2/t14-,15-/m1/s1. The molecule has 5 heterocycles. The lowest BCUT2D eigenvalue weighted by molar-refractivity contribution is 0.106. The van der Waals surface area contributed by atoms with Gasteiger partial charge in [0.2, 0.25) is 0 Å². The van der Waals surface area contributed by atoms with Gasteiger partial charge in [-0.05, 0) is 48.1 Å². The maximum Gasteiger partial charge on any atom is 0.259 e. The van der Waals surface area contributed by atoms with Crippen LogP contribution in [0.1, 0.15) is 29.6 Å². The first kappa shape index (κ1) is 17.0. The number of likely N-dealkylation sites (tertiary alicyclic amines) is 1. The smallest absolute Gasteiger partial charge is 0.259 e. The minimum absolute atomic E-state index is 0.0614. The number of thiophene rings is 1. The minimum Gasteiger partial charge on any atom is -0.462 e. The Hall–Kier alpha value is -2.15. The second kappa shape index (κ2) is 6.78. The molecule has 2 aliphatic heterocycles. The van der Waals surface area contributed by atoms with Gasteiger partial charge >= 0.3 is 0 Å². The number of fused-ring (bicyclic) bond motifs is 4. The molecule has 27 heavy (non-hydrogen) atoms. The highest BCUT2D eigenvalue weighted by Gasteiger charge is 2.35. The molecule has 6 heteroatoms. The maximum absolute atomic E-state index is 13.1. The SMILES string of the molecule is O=c1c(-c2cccs2)ccc2n1C[C@@H]1C[C@@H]2CN(Cc2ccc(CO)o2)C1. The van der Waals surface area contributed by atoms with E-state index in [2.05, 4.69) is 11.0 Å². The lowest BCUT2D eigenvalue weighted by atomic mass is 9.83. The Balaban J connectivity index is 1.41. The van der Waals surface area contributed by atoms with Crippen LogP contribution < -0.4 is 5.56 Å². The number of aliphatic hydroxyl groups excluding tert-OH is 1. The topological polar surface area (TPSA) is 58.6 Å². The first-order valence-corrected chi connectivity index (χ1v) is 10.3. The summed E-state index contributed by atoms with van der Waals surface area (Å²) in [4.78, 5) is 16.5. The van der Waals surface area contributed by atoms with Gasteiger partial charge in [0.05, 0.1) is 12.1 Å². The van der Waals surface area contributed by atoms with E-state index in [-0.39, 0.29) is 12.2 Å². The molecule has 2 atom stereocenters. The zero-order valence-electron chi connectivity index (χ0n) is 15.0. The van der Waals surface area contributed by atoms with Crippen molar-refractivity contribution >= 4 is 11.3 Å². The number of nitrogens with zero attached hydrogens (tertiary/aromatic N) is 2. The summed E-state index contributed by atoms with van der Waals surface area (Å²) in [6, 6.07) is 11.9. The Kier molecular flexibility index (Phi) is 4.27. The largest absolute Gasteiger partial charge is 0.462 e. The van der Waals surface area contributed by atoms with E-state index < -0.39 is 0 Å². The molecule has 0 aliphatic carbocycles. The van der Waals surface area contributed by atoms with Crippen molar-refractivity contribution in [1.82, 2.24) is 9.47 Å². The predicted molar refractivity (Wildman–Crippen MR) is 105 cm³/mol. The van der Waals surface area contributed by atoms with Crippen LogP contribution in [-0.2, 0) is 19.7 Å². The van der Waals surface area contributed by atoms with Gasteiger partial charge in [0.15, 0.2) is 0 Å². The van der Waals surface area contributed by atoms with Crippen molar-refractivity contribution in [2.75, 3.05) is 13.1 Å². The van der Waals surface area contributed by atoms with Crippen molar-refractivity contribution in [3.05, 3.63) is 69.3 Å². The van der Waals surface area contributed by atoms with Gasteiger partial charge in [-0.1, -0.05) is 6.07 Å². The molecule has 1 N–H and O–H groups in total. The molecule has 5 nitrogen and oxygen atoms in total. The second-order valence-corrected chi connectivity index (χ2v) is 8.53. The number of piperidine rings is 1. The fraction of sp³-hybridized carbons (Fsp3) is 0.381. The molecule has 0 aromatic carbocycles. The van der Waals surface area contributed by atoms with Crippen molar-refractivity contribution in [1.29, 1.82) is 0 Å². The molecular formula is C21H22N2O3S. The van der Waals surface area contributed by atoms with Gasteiger partial charge in [-0.3, -0.25) is 9.69 Å². The first-order chi connectivity index (χ1) is 13.2. The third-order valence-electron chi connectivity index (χ3n) is 5.72. The van der Waals surface area contributed by atoms with Gasteiger partial charge in [-0.25, -0.2) is 0 Å². The number of hydrogen-bond donors (Lipinski definition) is 1. The van der Waals surface area contributed by atoms with Gasteiger partial charge in [-0.15, -0.1) is 11.3 Å². The average Bonchev–Trinajstić information content (AvgIpc) is 3.34. The number of rotatable bonds is 4. The maximum atomic E-state index is 13.1. The number of furan rings is 1. The van der Waals surface area contributed by atoms with E-state index in [9.17, 15) is 9.90 Å². The molecule has 3 aromatic heterocycles. The number of pyridine rings is 1. The Bertz CT molecular complexity index is 1000. The Morgan fingerprint density at radius 2 is 2.00 bits per heavy atom. The number of hydrogen-bond acceptors (Lipinski definition) is 5. The van der Waals surface area contributed by atoms with E-state index in [1.807, 2.05) is 40.3 Å². The van der Waals surface area contributed by atoms with Crippen LogP contribution in [0, 0.1) is 5.92 Å². The molecule has 0 spiro atoms. The summed E-state index contributed by atoms with van der Waals surface area (Å²) in [5.41, 5.74) is 2.13. The highest BCUT2D eigenvalue weighted by atomic mass is 32.1. The third kappa shape index (κ3) is 3.08. The summed E-state index contributed by atoms with van der Waals surface area (Å²) in [5, 5.41) is 11.2. The van der Waals surface area contributed by atoms with Crippen LogP contribution in [0.2, 0.25) is 0 Å². The summed E-state index contributed by atoms with van der Waals surface area (Å²) >= 11 is 1.62. The van der Waals surface area contributed by atoms with Gasteiger partial charge in [0.25, 0.3) is 5.56 Å². The quantitative estimate of drug-likeness (QED) is 0.752. The molecular weight excluding hydrogens is 360 g/mol. The fourth-order valence-corrected chi connectivity index (χ4v) is 5.35. The van der Waals surface area contributed by atoms with Crippen molar-refractivity contribution in [2.24, 2.45) is 5.92 Å². The monoisotopic (exact) mass is 382 g/mol. The third-order valence-corrected chi connectivity index (χ3v) is 6.62. The van der Waals surface area contributed by atoms with Crippen LogP contribution in [0.5, 0.6) is 0 Å². The van der Waals surface area contributed by atoms with Crippen LogP contribution in [0.25, 0.3) is 10.4 Å². The Morgan fingerprint density at radius 1 is 1.11 bits per heavy atom. The highest BCUT2D eigenvalue weighted by molar-refractivity contribution is 7.13. The summed E-state index contributed by atoms with van der Waals surface area (Å²) in [6.07, 6.45) is 1.15. The molecule has 5 rings (SSSR count). The second-order valence-electron chi connectivity index (χ2n) is 7.58. The minimum atomic E-state index is -0.0614. The molecule has 0 unspecified atom stereocenters. The average molecular weight is 382 g/mol. The van der Waals surface area contributed by atoms with Crippen LogP contribution in [0.3, 0.4) is 0 Å². The molecule has 3 aromatic rings. The molecule has 0 saturated carbocycles. The van der Waals surface area contributed by atoms with E-state index >= 15 is 0 Å². The predicted octanol–water partition coefficient (Wildman–Crippen LogP) is 3.28. The molecule has 2 aliphatic rings. The molecule has 2 bridgehead atoms.